The van der Waals surface area contributed by atoms with Crippen LogP contribution in [0.4, 0.5) is 4.39 Å². The molecule has 6 nitrogen and oxygen atoms in total. The monoisotopic (exact) mass is 407 g/mol. The number of ketones is 1. The Bertz CT molecular complexity index is 959. The number of benzene rings is 1. The average Bonchev–Trinajstić information content (AvgIpc) is 2.91. The fourth-order valence-corrected chi connectivity index (χ4v) is 4.99. The highest BCUT2D eigenvalue weighted by molar-refractivity contribution is 7.88. The van der Waals surface area contributed by atoms with Gasteiger partial charge >= 0.3 is 0 Å². The third-order valence-corrected chi connectivity index (χ3v) is 7.28. The van der Waals surface area contributed by atoms with E-state index in [1.165, 1.54) is 28.6 Å². The van der Waals surface area contributed by atoms with Crippen molar-refractivity contribution < 1.29 is 17.6 Å². The van der Waals surface area contributed by atoms with Crippen molar-refractivity contribution in [3.05, 3.63) is 58.7 Å². The summed E-state index contributed by atoms with van der Waals surface area (Å²) in [6.45, 7) is 5.91. The molecule has 0 N–H and O–H groups in total. The van der Waals surface area contributed by atoms with E-state index in [-0.39, 0.29) is 23.9 Å². The minimum atomic E-state index is -3.47. The molecule has 0 bridgehead atoms. The smallest absolute Gasteiger partial charge is 0.218 e. The van der Waals surface area contributed by atoms with E-state index in [0.717, 1.165) is 17.0 Å². The van der Waals surface area contributed by atoms with Gasteiger partial charge in [-0.05, 0) is 37.6 Å². The molecule has 0 spiro atoms. The Morgan fingerprint density at radius 3 is 2.21 bits per heavy atom. The average molecular weight is 408 g/mol. The molecule has 8 heteroatoms. The van der Waals surface area contributed by atoms with Crippen LogP contribution in [0.25, 0.3) is 0 Å². The van der Waals surface area contributed by atoms with Gasteiger partial charge in [-0.25, -0.2) is 12.8 Å². The van der Waals surface area contributed by atoms with E-state index in [0.29, 0.717) is 31.7 Å². The molecule has 152 valence electrons. The summed E-state index contributed by atoms with van der Waals surface area (Å²) in [7, 11) is -1.53. The van der Waals surface area contributed by atoms with Crippen molar-refractivity contribution in [2.24, 2.45) is 7.05 Å². The summed E-state index contributed by atoms with van der Waals surface area (Å²) in [4.78, 5) is 14.6. The summed E-state index contributed by atoms with van der Waals surface area (Å²) in [6.07, 6.45) is 0. The van der Waals surface area contributed by atoms with Crippen molar-refractivity contribution in [2.75, 3.05) is 32.7 Å². The van der Waals surface area contributed by atoms with Crippen molar-refractivity contribution in [2.45, 2.75) is 19.6 Å². The summed E-state index contributed by atoms with van der Waals surface area (Å²) in [6, 6.07) is 7.42. The summed E-state index contributed by atoms with van der Waals surface area (Å²) < 4.78 is 41.7. The van der Waals surface area contributed by atoms with Gasteiger partial charge in [0.05, 0.1) is 12.3 Å². The molecule has 1 aromatic heterocycles. The van der Waals surface area contributed by atoms with Gasteiger partial charge in [0.25, 0.3) is 0 Å². The number of carbonyl (C=O) groups is 1. The maximum absolute atomic E-state index is 13.0. The second-order valence-corrected chi connectivity index (χ2v) is 9.29. The number of hydrogen-bond donors (Lipinski definition) is 0. The molecule has 0 unspecified atom stereocenters. The number of rotatable bonds is 6. The zero-order chi connectivity index (χ0) is 20.5. The van der Waals surface area contributed by atoms with E-state index in [2.05, 4.69) is 0 Å². The fraction of sp³-hybridized carbons (Fsp3) is 0.450. The van der Waals surface area contributed by atoms with Gasteiger partial charge in [0.15, 0.2) is 5.78 Å². The molecule has 2 heterocycles. The van der Waals surface area contributed by atoms with Crippen molar-refractivity contribution in [1.29, 1.82) is 0 Å². The van der Waals surface area contributed by atoms with E-state index in [1.54, 1.807) is 0 Å². The van der Waals surface area contributed by atoms with Crippen LogP contribution < -0.4 is 0 Å². The Hall–Kier alpha value is -2.03. The third-order valence-electron chi connectivity index (χ3n) is 5.43. The molecule has 28 heavy (non-hydrogen) atoms. The van der Waals surface area contributed by atoms with Crippen LogP contribution in [0.1, 0.15) is 27.3 Å². The maximum Gasteiger partial charge on any atom is 0.218 e. The maximum atomic E-state index is 13.0. The number of aryl methyl sites for hydroxylation is 1. The Morgan fingerprint density at radius 2 is 1.68 bits per heavy atom. The van der Waals surface area contributed by atoms with E-state index in [4.69, 9.17) is 0 Å². The SMILES string of the molecule is Cc1cc(C(=O)CN2CCN(S(=O)(=O)Cc3ccc(F)cc3)CC2)c(C)n1C. The number of halogens is 1. The molecular weight excluding hydrogens is 381 g/mol. The van der Waals surface area contributed by atoms with Crippen LogP contribution in [0.2, 0.25) is 0 Å². The van der Waals surface area contributed by atoms with Crippen LogP contribution in [-0.2, 0) is 22.8 Å². The largest absolute Gasteiger partial charge is 0.351 e. The number of Topliss-reactive ketones (excluding diaryl/α,β-unsaturated/α-hetero) is 1. The van der Waals surface area contributed by atoms with Crippen LogP contribution in [0.15, 0.2) is 30.3 Å². The molecule has 1 fully saturated rings. The molecule has 1 aromatic carbocycles. The van der Waals surface area contributed by atoms with Gasteiger partial charge in [-0.1, -0.05) is 12.1 Å². The highest BCUT2D eigenvalue weighted by Gasteiger charge is 2.28. The first-order chi connectivity index (χ1) is 13.2. The minimum Gasteiger partial charge on any atom is -0.351 e. The molecule has 2 aromatic rings. The normalized spacial score (nSPS) is 16.4. The quantitative estimate of drug-likeness (QED) is 0.688. The summed E-state index contributed by atoms with van der Waals surface area (Å²) in [5, 5.41) is 0. The second-order valence-electron chi connectivity index (χ2n) is 7.32. The minimum absolute atomic E-state index is 0.0591. The second kappa shape index (κ2) is 8.14. The zero-order valence-electron chi connectivity index (χ0n) is 16.5. The van der Waals surface area contributed by atoms with Crippen LogP contribution in [-0.4, -0.2) is 60.7 Å². The van der Waals surface area contributed by atoms with Crippen LogP contribution in [0.5, 0.6) is 0 Å². The first-order valence-corrected chi connectivity index (χ1v) is 10.9. The first kappa shape index (κ1) is 20.7. The fourth-order valence-electron chi connectivity index (χ4n) is 3.47. The Labute approximate surface area is 165 Å². The van der Waals surface area contributed by atoms with Gasteiger partial charge in [0.2, 0.25) is 10.0 Å². The lowest BCUT2D eigenvalue weighted by Crippen LogP contribution is -2.50. The van der Waals surface area contributed by atoms with E-state index < -0.39 is 10.0 Å². The van der Waals surface area contributed by atoms with Crippen molar-refractivity contribution in [3.8, 4) is 0 Å². The lowest BCUT2D eigenvalue weighted by Gasteiger charge is -2.33. The molecule has 0 amide bonds. The van der Waals surface area contributed by atoms with Gasteiger partial charge in [0, 0.05) is 50.2 Å². The Balaban J connectivity index is 1.57. The van der Waals surface area contributed by atoms with Gasteiger partial charge in [0.1, 0.15) is 5.82 Å². The lowest BCUT2D eigenvalue weighted by atomic mass is 10.1. The highest BCUT2D eigenvalue weighted by atomic mass is 32.2. The molecule has 0 atom stereocenters. The lowest BCUT2D eigenvalue weighted by molar-refractivity contribution is 0.0901. The molecule has 0 saturated carbocycles. The van der Waals surface area contributed by atoms with E-state index in [1.807, 2.05) is 36.4 Å². The van der Waals surface area contributed by atoms with Crippen LogP contribution in [0, 0.1) is 19.7 Å². The summed E-state index contributed by atoms with van der Waals surface area (Å²) in [5.41, 5.74) is 3.28. The van der Waals surface area contributed by atoms with Crippen LogP contribution >= 0.6 is 0 Å². The molecule has 1 saturated heterocycles. The van der Waals surface area contributed by atoms with Crippen LogP contribution in [0.3, 0.4) is 0 Å². The van der Waals surface area contributed by atoms with Gasteiger partial charge in [-0.15, -0.1) is 0 Å². The molecule has 3 rings (SSSR count). The molecule has 1 aliphatic heterocycles. The van der Waals surface area contributed by atoms with Gasteiger partial charge < -0.3 is 4.57 Å². The van der Waals surface area contributed by atoms with Gasteiger partial charge in [-0.2, -0.15) is 4.31 Å². The van der Waals surface area contributed by atoms with Crippen molar-refractivity contribution >= 4 is 15.8 Å². The topological polar surface area (TPSA) is 62.6 Å². The third kappa shape index (κ3) is 4.51. The van der Waals surface area contributed by atoms with Crippen molar-refractivity contribution in [3.63, 3.8) is 0 Å². The predicted octanol–water partition coefficient (Wildman–Crippen LogP) is 2.11. The standard InChI is InChI=1S/C20H26FN3O3S/c1-15-12-19(16(2)22(15)3)20(25)13-23-8-10-24(11-9-23)28(26,27)14-17-4-6-18(21)7-5-17/h4-7,12H,8-11,13-14H2,1-3H3. The number of sulfonamides is 1. The number of piperazine rings is 1. The summed E-state index contributed by atoms with van der Waals surface area (Å²) >= 11 is 0. The number of aromatic nitrogens is 1. The first-order valence-electron chi connectivity index (χ1n) is 9.28. The Morgan fingerprint density at radius 1 is 1.07 bits per heavy atom. The van der Waals surface area contributed by atoms with E-state index in [9.17, 15) is 17.6 Å². The number of nitrogens with zero attached hydrogens (tertiary/aromatic N) is 3. The molecule has 0 radical (unpaired) electrons. The molecule has 0 aliphatic carbocycles. The molecule has 1 aliphatic rings. The highest BCUT2D eigenvalue weighted by Crippen LogP contribution is 2.17. The van der Waals surface area contributed by atoms with Crippen molar-refractivity contribution in [1.82, 2.24) is 13.8 Å². The predicted molar refractivity (Wildman–Crippen MR) is 106 cm³/mol. The number of carbonyl (C=O) groups excluding carboxylic acids is 1. The van der Waals surface area contributed by atoms with Gasteiger partial charge in [-0.3, -0.25) is 9.69 Å². The molecular formula is C20H26FN3O3S. The van der Waals surface area contributed by atoms with E-state index >= 15 is 0 Å². The zero-order valence-corrected chi connectivity index (χ0v) is 17.3. The number of hydrogen-bond acceptors (Lipinski definition) is 4. The summed E-state index contributed by atoms with van der Waals surface area (Å²) in [5.74, 6) is -0.471. The Kier molecular flexibility index (Phi) is 6.02.